The van der Waals surface area contributed by atoms with Crippen LogP contribution in [0.4, 0.5) is 5.00 Å². The van der Waals surface area contributed by atoms with Crippen molar-refractivity contribution in [3.63, 3.8) is 0 Å². The number of rotatable bonds is 4. The van der Waals surface area contributed by atoms with Crippen molar-refractivity contribution in [1.82, 2.24) is 9.78 Å². The van der Waals surface area contributed by atoms with Crippen molar-refractivity contribution in [2.24, 2.45) is 0 Å². The minimum absolute atomic E-state index is 0.00136. The van der Waals surface area contributed by atoms with E-state index in [4.69, 9.17) is 23.2 Å². The van der Waals surface area contributed by atoms with Gasteiger partial charge in [-0.3, -0.25) is 14.9 Å². The Balaban J connectivity index is 1.67. The van der Waals surface area contributed by atoms with E-state index in [0.29, 0.717) is 31.2 Å². The number of thiophene rings is 2. The van der Waals surface area contributed by atoms with E-state index in [1.54, 1.807) is 36.4 Å². The van der Waals surface area contributed by atoms with Gasteiger partial charge in [-0.1, -0.05) is 64.9 Å². The van der Waals surface area contributed by atoms with Gasteiger partial charge in [-0.2, -0.15) is 9.78 Å². The smallest absolute Gasteiger partial charge is 0.266 e. The number of fused-ring (bicyclic) bond motifs is 1. The summed E-state index contributed by atoms with van der Waals surface area (Å²) in [5, 5.41) is 17.4. The van der Waals surface area contributed by atoms with Crippen LogP contribution in [0.5, 0.6) is 0 Å². The van der Waals surface area contributed by atoms with Crippen molar-refractivity contribution in [2.45, 2.75) is 0 Å². The van der Waals surface area contributed by atoms with E-state index in [0.717, 1.165) is 27.0 Å². The predicted octanol–water partition coefficient (Wildman–Crippen LogP) is 7.40. The predicted molar refractivity (Wildman–Crippen MR) is 129 cm³/mol. The van der Waals surface area contributed by atoms with Crippen molar-refractivity contribution >= 4 is 66.9 Å². The normalized spacial score (nSPS) is 11.2. The molecule has 0 aliphatic carbocycles. The molecule has 0 N–H and O–H groups in total. The van der Waals surface area contributed by atoms with Gasteiger partial charge in [0.05, 0.1) is 20.5 Å². The molecule has 3 heterocycles. The van der Waals surface area contributed by atoms with Crippen LogP contribution >= 0.6 is 45.9 Å². The molecule has 0 unspecified atom stereocenters. The highest BCUT2D eigenvalue weighted by molar-refractivity contribution is 7.21. The molecule has 0 aliphatic heterocycles. The van der Waals surface area contributed by atoms with E-state index in [1.807, 2.05) is 24.3 Å². The van der Waals surface area contributed by atoms with E-state index in [2.05, 4.69) is 5.10 Å². The van der Waals surface area contributed by atoms with E-state index < -0.39 is 4.92 Å². The van der Waals surface area contributed by atoms with Crippen LogP contribution < -0.4 is 0 Å². The number of aromatic nitrogens is 2. The van der Waals surface area contributed by atoms with Gasteiger partial charge in [0.25, 0.3) is 5.91 Å². The van der Waals surface area contributed by atoms with Crippen LogP contribution in [0, 0.1) is 10.1 Å². The Hall–Kier alpha value is -3.04. The third-order valence-corrected chi connectivity index (χ3v) is 7.77. The molecule has 6 nitrogen and oxygen atoms in total. The zero-order valence-corrected chi connectivity index (χ0v) is 19.1. The number of nitro groups is 1. The number of halogens is 2. The summed E-state index contributed by atoms with van der Waals surface area (Å²) in [4.78, 5) is 25.2. The molecule has 0 amide bonds. The van der Waals surface area contributed by atoms with Crippen molar-refractivity contribution in [3.8, 4) is 21.8 Å². The fourth-order valence-electron chi connectivity index (χ4n) is 3.29. The van der Waals surface area contributed by atoms with E-state index in [9.17, 15) is 14.9 Å². The minimum Gasteiger partial charge on any atom is -0.266 e. The number of benzene rings is 2. The average molecular weight is 500 g/mol. The van der Waals surface area contributed by atoms with Gasteiger partial charge in [0, 0.05) is 26.7 Å². The maximum atomic E-state index is 13.6. The molecular formula is C22H11Cl2N3O3S2. The lowest BCUT2D eigenvalue weighted by molar-refractivity contribution is -0.380. The first kappa shape index (κ1) is 20.8. The maximum Gasteiger partial charge on any atom is 0.324 e. The Labute approximate surface area is 199 Å². The van der Waals surface area contributed by atoms with Crippen LogP contribution in [0.1, 0.15) is 9.67 Å². The molecule has 2 aromatic carbocycles. The number of carbonyl (C=O) groups is 1. The van der Waals surface area contributed by atoms with Crippen LogP contribution in [-0.2, 0) is 0 Å². The SMILES string of the molecule is O=C(c1sc2ccccc2c1Cl)n1nc(-c2ccc([N+](=O)[O-])s2)cc1-c1ccc(Cl)cc1. The summed E-state index contributed by atoms with van der Waals surface area (Å²) in [6, 6.07) is 19.3. The van der Waals surface area contributed by atoms with Gasteiger partial charge in [0.2, 0.25) is 0 Å². The number of carbonyl (C=O) groups excluding carboxylic acids is 1. The fourth-order valence-corrected chi connectivity index (χ4v) is 5.63. The summed E-state index contributed by atoms with van der Waals surface area (Å²) in [7, 11) is 0. The van der Waals surface area contributed by atoms with Crippen LogP contribution in [0.2, 0.25) is 10.0 Å². The molecule has 0 saturated heterocycles. The van der Waals surface area contributed by atoms with Crippen molar-refractivity contribution in [2.75, 3.05) is 0 Å². The molecule has 0 bridgehead atoms. The molecule has 0 radical (unpaired) electrons. The van der Waals surface area contributed by atoms with Crippen LogP contribution in [0.25, 0.3) is 31.9 Å². The molecule has 0 aliphatic rings. The molecule has 0 fully saturated rings. The second-order valence-corrected chi connectivity index (χ2v) is 9.70. The molecule has 3 aromatic heterocycles. The topological polar surface area (TPSA) is 78.0 Å². The van der Waals surface area contributed by atoms with Gasteiger partial charge in [0.1, 0.15) is 10.6 Å². The molecule has 0 atom stereocenters. The van der Waals surface area contributed by atoms with Crippen LogP contribution in [0.3, 0.4) is 0 Å². The van der Waals surface area contributed by atoms with Crippen molar-refractivity contribution in [3.05, 3.63) is 91.8 Å². The molecular weight excluding hydrogens is 489 g/mol. The van der Waals surface area contributed by atoms with E-state index in [-0.39, 0.29) is 10.9 Å². The average Bonchev–Trinajstić information content (AvgIpc) is 3.51. The van der Waals surface area contributed by atoms with Gasteiger partial charge in [-0.15, -0.1) is 11.3 Å². The zero-order valence-electron chi connectivity index (χ0n) is 16.0. The highest BCUT2D eigenvalue weighted by Crippen LogP contribution is 2.38. The second kappa shape index (κ2) is 8.14. The lowest BCUT2D eigenvalue weighted by atomic mass is 10.1. The van der Waals surface area contributed by atoms with Gasteiger partial charge < -0.3 is 0 Å². The Morgan fingerprint density at radius 2 is 1.75 bits per heavy atom. The monoisotopic (exact) mass is 499 g/mol. The highest BCUT2D eigenvalue weighted by Gasteiger charge is 2.24. The van der Waals surface area contributed by atoms with Gasteiger partial charge >= 0.3 is 5.00 Å². The zero-order chi connectivity index (χ0) is 22.4. The first-order chi connectivity index (χ1) is 15.4. The lowest BCUT2D eigenvalue weighted by Crippen LogP contribution is -2.14. The van der Waals surface area contributed by atoms with Gasteiger partial charge in [-0.25, -0.2) is 0 Å². The highest BCUT2D eigenvalue weighted by atomic mass is 35.5. The molecule has 10 heteroatoms. The first-order valence-corrected chi connectivity index (χ1v) is 11.6. The standard InChI is InChI=1S/C22H11Cl2N3O3S2/c23-13-7-5-12(6-8-13)16-11-15(18-9-10-19(31-18)27(29)30)25-26(16)22(28)21-20(24)14-3-1-2-4-17(14)32-21/h1-11H. The third-order valence-electron chi connectivity index (χ3n) is 4.80. The molecule has 158 valence electrons. The van der Waals surface area contributed by atoms with Crippen molar-refractivity contribution in [1.29, 1.82) is 0 Å². The molecule has 0 spiro atoms. The summed E-state index contributed by atoms with van der Waals surface area (Å²) in [6.07, 6.45) is 0. The number of hydrogen-bond donors (Lipinski definition) is 0. The van der Waals surface area contributed by atoms with Crippen LogP contribution in [0.15, 0.2) is 66.7 Å². The fraction of sp³-hybridized carbons (Fsp3) is 0. The molecule has 5 rings (SSSR count). The third kappa shape index (κ3) is 3.61. The minimum atomic E-state index is -0.451. The Morgan fingerprint density at radius 1 is 1.00 bits per heavy atom. The summed E-state index contributed by atoms with van der Waals surface area (Å²) in [6.45, 7) is 0. The number of hydrogen-bond acceptors (Lipinski definition) is 6. The summed E-state index contributed by atoms with van der Waals surface area (Å²) in [5.41, 5.74) is 1.72. The van der Waals surface area contributed by atoms with Gasteiger partial charge in [0.15, 0.2) is 0 Å². The molecule has 5 aromatic rings. The van der Waals surface area contributed by atoms with Crippen LogP contribution in [-0.4, -0.2) is 20.6 Å². The van der Waals surface area contributed by atoms with E-state index >= 15 is 0 Å². The Morgan fingerprint density at radius 3 is 2.44 bits per heavy atom. The first-order valence-electron chi connectivity index (χ1n) is 9.24. The number of nitrogens with zero attached hydrogens (tertiary/aromatic N) is 3. The Bertz CT molecular complexity index is 1500. The van der Waals surface area contributed by atoms with Gasteiger partial charge in [-0.05, 0) is 30.3 Å². The lowest BCUT2D eigenvalue weighted by Gasteiger charge is -2.05. The Kier molecular flexibility index (Phi) is 5.30. The summed E-state index contributed by atoms with van der Waals surface area (Å²) in [5.74, 6) is -0.376. The maximum absolute atomic E-state index is 13.6. The molecule has 0 saturated carbocycles. The summed E-state index contributed by atoms with van der Waals surface area (Å²) < 4.78 is 2.19. The second-order valence-electron chi connectivity index (χ2n) is 6.77. The van der Waals surface area contributed by atoms with E-state index in [1.165, 1.54) is 22.1 Å². The molecule has 32 heavy (non-hydrogen) atoms. The quantitative estimate of drug-likeness (QED) is 0.190. The van der Waals surface area contributed by atoms with Crippen molar-refractivity contribution < 1.29 is 9.72 Å². The largest absolute Gasteiger partial charge is 0.324 e. The summed E-state index contributed by atoms with van der Waals surface area (Å²) >= 11 is 14.9.